The van der Waals surface area contributed by atoms with Crippen molar-refractivity contribution in [2.75, 3.05) is 19.7 Å². The summed E-state index contributed by atoms with van der Waals surface area (Å²) in [6.07, 6.45) is 0.805. The number of nitrogens with zero attached hydrogens (tertiary/aromatic N) is 3. The molecule has 0 spiro atoms. The second-order valence-corrected chi connectivity index (χ2v) is 6.90. The van der Waals surface area contributed by atoms with Gasteiger partial charge in [0, 0.05) is 36.6 Å². The van der Waals surface area contributed by atoms with E-state index >= 15 is 0 Å². The van der Waals surface area contributed by atoms with Crippen molar-refractivity contribution in [3.05, 3.63) is 40.0 Å². The summed E-state index contributed by atoms with van der Waals surface area (Å²) in [5.41, 5.74) is 2.33. The summed E-state index contributed by atoms with van der Waals surface area (Å²) in [6, 6.07) is 4.00. The molecule has 2 aromatic rings. The van der Waals surface area contributed by atoms with E-state index in [2.05, 4.69) is 22.0 Å². The number of aryl methyl sites for hydroxylation is 1. The molecule has 1 aromatic carbocycles. The first-order valence-corrected chi connectivity index (χ1v) is 8.58. The molecule has 0 bridgehead atoms. The molecule has 24 heavy (non-hydrogen) atoms. The van der Waals surface area contributed by atoms with Crippen molar-refractivity contribution in [3.63, 3.8) is 0 Å². The zero-order valence-corrected chi connectivity index (χ0v) is 14.5. The predicted molar refractivity (Wildman–Crippen MR) is 88.3 cm³/mol. The van der Waals surface area contributed by atoms with Gasteiger partial charge in [-0.25, -0.2) is 0 Å². The summed E-state index contributed by atoms with van der Waals surface area (Å²) in [5, 5.41) is 4.63. The van der Waals surface area contributed by atoms with Crippen LogP contribution in [-0.4, -0.2) is 40.8 Å². The Morgan fingerprint density at radius 1 is 1.33 bits per heavy atom. The molecule has 1 aromatic heterocycles. The number of hydrogen-bond acceptors (Lipinski definition) is 6. The number of hydrogen-bond donors (Lipinski definition) is 0. The zero-order chi connectivity index (χ0) is 16.7. The topological polar surface area (TPSA) is 60.6 Å². The highest BCUT2D eigenvalue weighted by atomic mass is 35.5. The molecule has 4 rings (SSSR count). The average Bonchev–Trinajstić information content (AvgIpc) is 3.15. The number of halogens is 1. The standard InChI is InChI=1S/C17H20ClN3O3/c1-10-7-21(9-15(23-10)17-19-11(2)20-24-17)8-13-6-14(18)5-12-3-4-22-16(12)13/h5-6,10,15H,3-4,7-9H2,1-2H3/t10-,15-/m1/s1. The van der Waals surface area contributed by atoms with Crippen LogP contribution in [0.4, 0.5) is 0 Å². The van der Waals surface area contributed by atoms with E-state index in [1.165, 1.54) is 5.56 Å². The maximum Gasteiger partial charge on any atom is 0.257 e. The van der Waals surface area contributed by atoms with Gasteiger partial charge in [0.25, 0.3) is 5.89 Å². The van der Waals surface area contributed by atoms with Gasteiger partial charge in [-0.05, 0) is 31.5 Å². The lowest BCUT2D eigenvalue weighted by molar-refractivity contribution is -0.0931. The van der Waals surface area contributed by atoms with Gasteiger partial charge in [-0.15, -0.1) is 0 Å². The summed E-state index contributed by atoms with van der Waals surface area (Å²) >= 11 is 6.27. The first-order valence-electron chi connectivity index (χ1n) is 8.20. The smallest absolute Gasteiger partial charge is 0.257 e. The minimum atomic E-state index is -0.205. The molecule has 0 N–H and O–H groups in total. The number of ether oxygens (including phenoxy) is 2. The van der Waals surface area contributed by atoms with E-state index in [-0.39, 0.29) is 12.2 Å². The Labute approximate surface area is 145 Å². The fourth-order valence-electron chi connectivity index (χ4n) is 3.45. The van der Waals surface area contributed by atoms with Crippen molar-refractivity contribution in [2.24, 2.45) is 0 Å². The first-order chi connectivity index (χ1) is 11.6. The van der Waals surface area contributed by atoms with Crippen LogP contribution < -0.4 is 4.74 Å². The fraction of sp³-hybridized carbons (Fsp3) is 0.529. The van der Waals surface area contributed by atoms with Crippen LogP contribution in [0, 0.1) is 6.92 Å². The second-order valence-electron chi connectivity index (χ2n) is 6.46. The van der Waals surface area contributed by atoms with Gasteiger partial charge in [0.15, 0.2) is 5.82 Å². The lowest BCUT2D eigenvalue weighted by Gasteiger charge is -2.35. The molecule has 2 aliphatic rings. The number of morpholine rings is 1. The molecule has 0 aliphatic carbocycles. The van der Waals surface area contributed by atoms with Crippen LogP contribution in [-0.2, 0) is 17.7 Å². The van der Waals surface area contributed by atoms with Gasteiger partial charge in [0.05, 0.1) is 12.7 Å². The lowest BCUT2D eigenvalue weighted by atomic mass is 10.1. The Morgan fingerprint density at radius 3 is 3.00 bits per heavy atom. The quantitative estimate of drug-likeness (QED) is 0.849. The van der Waals surface area contributed by atoms with Crippen molar-refractivity contribution >= 4 is 11.6 Å². The van der Waals surface area contributed by atoms with E-state index < -0.39 is 0 Å². The van der Waals surface area contributed by atoms with Crippen LogP contribution in [0.1, 0.15) is 35.9 Å². The van der Waals surface area contributed by atoms with E-state index in [0.717, 1.165) is 42.5 Å². The van der Waals surface area contributed by atoms with Crippen LogP contribution >= 0.6 is 11.6 Å². The van der Waals surface area contributed by atoms with Gasteiger partial charge in [0.2, 0.25) is 0 Å². The van der Waals surface area contributed by atoms with Gasteiger partial charge in [0.1, 0.15) is 11.9 Å². The Morgan fingerprint density at radius 2 is 2.21 bits per heavy atom. The average molecular weight is 350 g/mol. The first kappa shape index (κ1) is 15.9. The third-order valence-corrected chi connectivity index (χ3v) is 4.59. The van der Waals surface area contributed by atoms with Gasteiger partial charge in [-0.1, -0.05) is 16.8 Å². The SMILES string of the molecule is Cc1noc([C@H]2CN(Cc3cc(Cl)cc4c3OCC4)C[C@@H](C)O2)n1. The van der Waals surface area contributed by atoms with Crippen molar-refractivity contribution < 1.29 is 14.0 Å². The normalized spacial score (nSPS) is 24.0. The summed E-state index contributed by atoms with van der Waals surface area (Å²) < 4.78 is 17.1. The molecule has 6 nitrogen and oxygen atoms in total. The second kappa shape index (κ2) is 6.35. The molecule has 2 aliphatic heterocycles. The molecular formula is C17H20ClN3O3. The largest absolute Gasteiger partial charge is 0.493 e. The van der Waals surface area contributed by atoms with Crippen molar-refractivity contribution in [3.8, 4) is 5.75 Å². The Balaban J connectivity index is 1.54. The molecule has 0 amide bonds. The molecule has 7 heteroatoms. The van der Waals surface area contributed by atoms with E-state index in [1.807, 2.05) is 19.1 Å². The van der Waals surface area contributed by atoms with Gasteiger partial charge in [-0.2, -0.15) is 4.98 Å². The fourth-order valence-corrected chi connectivity index (χ4v) is 3.72. The Bertz CT molecular complexity index is 749. The molecule has 1 saturated heterocycles. The van der Waals surface area contributed by atoms with Crippen LogP contribution in [0.25, 0.3) is 0 Å². The number of fused-ring (bicyclic) bond motifs is 1. The molecule has 0 radical (unpaired) electrons. The monoisotopic (exact) mass is 349 g/mol. The van der Waals surface area contributed by atoms with Crippen LogP contribution in [0.5, 0.6) is 5.75 Å². The number of benzene rings is 1. The molecule has 0 unspecified atom stereocenters. The lowest BCUT2D eigenvalue weighted by Crippen LogP contribution is -2.42. The summed E-state index contributed by atoms with van der Waals surface area (Å²) in [7, 11) is 0. The molecule has 2 atom stereocenters. The van der Waals surface area contributed by atoms with Gasteiger partial charge < -0.3 is 14.0 Å². The van der Waals surface area contributed by atoms with E-state index in [9.17, 15) is 0 Å². The Kier molecular flexibility index (Phi) is 4.20. The zero-order valence-electron chi connectivity index (χ0n) is 13.8. The predicted octanol–water partition coefficient (Wildman–Crippen LogP) is 2.93. The molecule has 128 valence electrons. The van der Waals surface area contributed by atoms with Crippen molar-refractivity contribution in [1.82, 2.24) is 15.0 Å². The number of aromatic nitrogens is 2. The van der Waals surface area contributed by atoms with E-state index in [4.69, 9.17) is 25.6 Å². The maximum atomic E-state index is 6.27. The summed E-state index contributed by atoms with van der Waals surface area (Å²) in [5.74, 6) is 2.15. The van der Waals surface area contributed by atoms with Gasteiger partial charge >= 0.3 is 0 Å². The van der Waals surface area contributed by atoms with Crippen molar-refractivity contribution in [2.45, 2.75) is 39.0 Å². The van der Waals surface area contributed by atoms with E-state index in [1.54, 1.807) is 0 Å². The molecule has 3 heterocycles. The molecule has 1 fully saturated rings. The summed E-state index contributed by atoms with van der Waals surface area (Å²) in [4.78, 5) is 6.63. The number of rotatable bonds is 3. The summed E-state index contributed by atoms with van der Waals surface area (Å²) in [6.45, 7) is 6.90. The van der Waals surface area contributed by atoms with Crippen molar-refractivity contribution in [1.29, 1.82) is 0 Å². The maximum absolute atomic E-state index is 6.27. The minimum absolute atomic E-state index is 0.0871. The third-order valence-electron chi connectivity index (χ3n) is 4.37. The third kappa shape index (κ3) is 3.14. The highest BCUT2D eigenvalue weighted by Gasteiger charge is 2.31. The molecular weight excluding hydrogens is 330 g/mol. The molecule has 0 saturated carbocycles. The van der Waals surface area contributed by atoms with Crippen LogP contribution in [0.2, 0.25) is 5.02 Å². The van der Waals surface area contributed by atoms with Gasteiger partial charge in [-0.3, -0.25) is 4.90 Å². The van der Waals surface area contributed by atoms with E-state index in [0.29, 0.717) is 18.3 Å². The Hall–Kier alpha value is -1.63. The van der Waals surface area contributed by atoms with Crippen LogP contribution in [0.15, 0.2) is 16.7 Å². The minimum Gasteiger partial charge on any atom is -0.493 e. The highest BCUT2D eigenvalue weighted by Crippen LogP contribution is 2.34. The van der Waals surface area contributed by atoms with Crippen LogP contribution in [0.3, 0.4) is 0 Å². The highest BCUT2D eigenvalue weighted by molar-refractivity contribution is 6.30.